The largest absolute Gasteiger partial charge is 0.411 e. The van der Waals surface area contributed by atoms with E-state index in [9.17, 15) is 4.79 Å². The number of carbonyl (C=O) groups is 1. The van der Waals surface area contributed by atoms with Gasteiger partial charge in [0.05, 0.1) is 5.69 Å². The third kappa shape index (κ3) is 4.10. The van der Waals surface area contributed by atoms with Gasteiger partial charge in [-0.1, -0.05) is 24.4 Å². The number of anilines is 4. The van der Waals surface area contributed by atoms with Gasteiger partial charge in [-0.15, -0.1) is 5.10 Å². The first-order valence-electron chi connectivity index (χ1n) is 12.3. The van der Waals surface area contributed by atoms with E-state index in [1.807, 2.05) is 4.90 Å². The van der Waals surface area contributed by atoms with Crippen LogP contribution in [0.5, 0.6) is 0 Å². The topological polar surface area (TPSA) is 138 Å². The van der Waals surface area contributed by atoms with Crippen molar-refractivity contribution in [3.63, 3.8) is 0 Å². The van der Waals surface area contributed by atoms with Gasteiger partial charge in [0.2, 0.25) is 12.3 Å². The van der Waals surface area contributed by atoms with Gasteiger partial charge in [0.15, 0.2) is 5.82 Å². The second-order valence-corrected chi connectivity index (χ2v) is 9.40. The van der Waals surface area contributed by atoms with Gasteiger partial charge in [0.25, 0.3) is 5.91 Å². The van der Waals surface area contributed by atoms with Crippen molar-refractivity contribution < 1.29 is 9.21 Å². The zero-order chi connectivity index (χ0) is 22.9. The Labute approximate surface area is 197 Å². The lowest BCUT2D eigenvalue weighted by Crippen LogP contribution is -2.40. The summed E-state index contributed by atoms with van der Waals surface area (Å²) in [6.07, 6.45) is 12.0. The number of aromatic amines is 1. The normalized spacial score (nSPS) is 20.5. The Bertz CT molecular complexity index is 1150. The number of nitrogens with one attached hydrogen (secondary N) is 3. The highest BCUT2D eigenvalue weighted by Crippen LogP contribution is 2.35. The van der Waals surface area contributed by atoms with Gasteiger partial charge >= 0.3 is 6.01 Å². The molecule has 0 spiro atoms. The molecule has 3 N–H and O–H groups in total. The van der Waals surface area contributed by atoms with Gasteiger partial charge in [0, 0.05) is 29.8 Å². The SMILES string of the molecule is O=C(Nc1nnco1)[C@H]1CCCN1c1nc2c(c(Nc3cc(C4CCCCC4)[nH]n3)n1)CCC2. The summed E-state index contributed by atoms with van der Waals surface area (Å²) in [5.74, 6) is 2.53. The number of carbonyl (C=O) groups excluding carboxylic acids is 1. The summed E-state index contributed by atoms with van der Waals surface area (Å²) >= 11 is 0. The standard InChI is InChI=1S/C23H29N9O2/c33-21(28-23-31-24-13-34-23)18-10-5-11-32(18)22-25-16-9-4-8-15(16)20(27-22)26-19-12-17(29-30-19)14-6-2-1-3-7-14/h12-14,18H,1-11H2,(H,28,31,33)(H2,25,26,27,29,30)/t18-/m1/s1. The average Bonchev–Trinajstić information content (AvgIpc) is 3.67. The highest BCUT2D eigenvalue weighted by atomic mass is 16.4. The number of H-pyrrole nitrogens is 1. The molecule has 3 aliphatic rings. The molecule has 1 atom stereocenters. The van der Waals surface area contributed by atoms with Crippen LogP contribution in [-0.4, -0.2) is 48.9 Å². The fraction of sp³-hybridized carbons (Fsp3) is 0.565. The highest BCUT2D eigenvalue weighted by molar-refractivity contribution is 5.95. The van der Waals surface area contributed by atoms with Crippen LogP contribution < -0.4 is 15.5 Å². The van der Waals surface area contributed by atoms with Gasteiger partial charge in [-0.3, -0.25) is 15.2 Å². The molecule has 0 unspecified atom stereocenters. The van der Waals surface area contributed by atoms with Crippen LogP contribution in [0.15, 0.2) is 16.9 Å². The van der Waals surface area contributed by atoms with Gasteiger partial charge < -0.3 is 14.6 Å². The number of aromatic nitrogens is 6. The van der Waals surface area contributed by atoms with Gasteiger partial charge in [-0.2, -0.15) is 10.1 Å². The van der Waals surface area contributed by atoms with Crippen molar-refractivity contribution in [2.75, 3.05) is 22.1 Å². The molecule has 34 heavy (non-hydrogen) atoms. The second kappa shape index (κ2) is 9.03. The Morgan fingerprint density at radius 1 is 1.09 bits per heavy atom. The Morgan fingerprint density at radius 2 is 2.00 bits per heavy atom. The summed E-state index contributed by atoms with van der Waals surface area (Å²) in [7, 11) is 0. The third-order valence-electron chi connectivity index (χ3n) is 7.21. The van der Waals surface area contributed by atoms with E-state index in [2.05, 4.69) is 37.1 Å². The Hall–Kier alpha value is -3.50. The molecule has 178 valence electrons. The molecule has 1 amide bonds. The molecule has 1 saturated carbocycles. The van der Waals surface area contributed by atoms with E-state index in [1.165, 1.54) is 44.2 Å². The molecule has 2 fully saturated rings. The first-order valence-corrected chi connectivity index (χ1v) is 12.3. The van der Waals surface area contributed by atoms with Crippen molar-refractivity contribution in [3.05, 3.63) is 29.4 Å². The number of fused-ring (bicyclic) bond motifs is 1. The quantitative estimate of drug-likeness (QED) is 0.501. The Balaban J connectivity index is 1.24. The zero-order valence-corrected chi connectivity index (χ0v) is 19.1. The van der Waals surface area contributed by atoms with E-state index in [0.717, 1.165) is 48.6 Å². The van der Waals surface area contributed by atoms with E-state index in [0.29, 0.717) is 24.8 Å². The monoisotopic (exact) mass is 463 g/mol. The molecule has 0 radical (unpaired) electrons. The summed E-state index contributed by atoms with van der Waals surface area (Å²) in [4.78, 5) is 24.6. The fourth-order valence-electron chi connectivity index (χ4n) is 5.49. The lowest BCUT2D eigenvalue weighted by Gasteiger charge is -2.24. The smallest absolute Gasteiger partial charge is 0.322 e. The molecule has 0 bridgehead atoms. The molecular weight excluding hydrogens is 434 g/mol. The maximum absolute atomic E-state index is 12.9. The minimum atomic E-state index is -0.387. The lowest BCUT2D eigenvalue weighted by atomic mass is 9.87. The molecule has 4 heterocycles. The molecule has 6 rings (SSSR count). The summed E-state index contributed by atoms with van der Waals surface area (Å²) in [5, 5.41) is 21.3. The predicted molar refractivity (Wildman–Crippen MR) is 125 cm³/mol. The molecule has 3 aromatic rings. The summed E-state index contributed by atoms with van der Waals surface area (Å²) in [5.41, 5.74) is 3.40. The average molecular weight is 464 g/mol. The Kier molecular flexibility index (Phi) is 5.60. The fourth-order valence-corrected chi connectivity index (χ4v) is 5.49. The second-order valence-electron chi connectivity index (χ2n) is 9.40. The predicted octanol–water partition coefficient (Wildman–Crippen LogP) is 3.47. The molecule has 1 aliphatic heterocycles. The molecular formula is C23H29N9O2. The summed E-state index contributed by atoms with van der Waals surface area (Å²) in [6, 6.07) is 1.83. The molecule has 1 saturated heterocycles. The number of rotatable bonds is 6. The number of nitrogens with zero attached hydrogens (tertiary/aromatic N) is 6. The van der Waals surface area contributed by atoms with Crippen LogP contribution in [0.2, 0.25) is 0 Å². The Morgan fingerprint density at radius 3 is 2.85 bits per heavy atom. The van der Waals surface area contributed by atoms with Crippen LogP contribution in [-0.2, 0) is 17.6 Å². The van der Waals surface area contributed by atoms with Crippen LogP contribution in [0.3, 0.4) is 0 Å². The molecule has 0 aromatic carbocycles. The van der Waals surface area contributed by atoms with Crippen LogP contribution in [0.4, 0.5) is 23.6 Å². The number of hydrogen-bond donors (Lipinski definition) is 3. The van der Waals surface area contributed by atoms with E-state index in [1.54, 1.807) is 0 Å². The van der Waals surface area contributed by atoms with E-state index in [4.69, 9.17) is 14.4 Å². The minimum absolute atomic E-state index is 0.0985. The van der Waals surface area contributed by atoms with Gasteiger partial charge in [-0.05, 0) is 44.9 Å². The van der Waals surface area contributed by atoms with Gasteiger partial charge in [-0.25, -0.2) is 4.98 Å². The maximum atomic E-state index is 12.9. The minimum Gasteiger partial charge on any atom is -0.411 e. The molecule has 11 heteroatoms. The van der Waals surface area contributed by atoms with Crippen molar-refractivity contribution in [2.24, 2.45) is 0 Å². The lowest BCUT2D eigenvalue weighted by molar-refractivity contribution is -0.117. The van der Waals surface area contributed by atoms with Crippen molar-refractivity contribution in [3.8, 4) is 0 Å². The number of aryl methyl sites for hydroxylation is 1. The summed E-state index contributed by atoms with van der Waals surface area (Å²) in [6.45, 7) is 0.717. The zero-order valence-electron chi connectivity index (χ0n) is 19.1. The highest BCUT2D eigenvalue weighted by Gasteiger charge is 2.34. The van der Waals surface area contributed by atoms with Crippen LogP contribution in [0.1, 0.15) is 74.2 Å². The first kappa shape index (κ1) is 21.1. The maximum Gasteiger partial charge on any atom is 0.322 e. The van der Waals surface area contributed by atoms with Crippen molar-refractivity contribution in [2.45, 2.75) is 76.2 Å². The van der Waals surface area contributed by atoms with Crippen molar-refractivity contribution >= 4 is 29.5 Å². The van der Waals surface area contributed by atoms with Crippen molar-refractivity contribution in [1.29, 1.82) is 0 Å². The number of amides is 1. The van der Waals surface area contributed by atoms with Crippen LogP contribution in [0, 0.1) is 0 Å². The summed E-state index contributed by atoms with van der Waals surface area (Å²) < 4.78 is 5.07. The van der Waals surface area contributed by atoms with E-state index in [-0.39, 0.29) is 18.0 Å². The third-order valence-corrected chi connectivity index (χ3v) is 7.21. The number of hydrogen-bond acceptors (Lipinski definition) is 9. The first-order chi connectivity index (χ1) is 16.7. The van der Waals surface area contributed by atoms with Gasteiger partial charge in [0.1, 0.15) is 11.9 Å². The molecule has 2 aliphatic carbocycles. The van der Waals surface area contributed by atoms with Crippen LogP contribution in [0.25, 0.3) is 0 Å². The molecule has 3 aromatic heterocycles. The van der Waals surface area contributed by atoms with E-state index < -0.39 is 0 Å². The van der Waals surface area contributed by atoms with E-state index >= 15 is 0 Å². The molecule has 11 nitrogen and oxygen atoms in total. The van der Waals surface area contributed by atoms with Crippen molar-refractivity contribution in [1.82, 2.24) is 30.4 Å². The van der Waals surface area contributed by atoms with Crippen LogP contribution >= 0.6 is 0 Å².